The second-order valence-electron chi connectivity index (χ2n) is 5.26. The molecule has 1 fully saturated rings. The Morgan fingerprint density at radius 1 is 1.32 bits per heavy atom. The van der Waals surface area contributed by atoms with Crippen molar-refractivity contribution in [1.82, 2.24) is 0 Å². The van der Waals surface area contributed by atoms with E-state index in [0.29, 0.717) is 17.6 Å². The summed E-state index contributed by atoms with van der Waals surface area (Å²) in [4.78, 5) is 10.7. The molecule has 0 spiro atoms. The lowest BCUT2D eigenvalue weighted by Gasteiger charge is -2.23. The molecule has 2 rings (SSSR count). The number of anilines is 1. The minimum Gasteiger partial charge on any atom is -0.376 e. The molecule has 19 heavy (non-hydrogen) atoms. The number of hydrogen-bond donors (Lipinski definition) is 1. The van der Waals surface area contributed by atoms with E-state index >= 15 is 0 Å². The van der Waals surface area contributed by atoms with E-state index in [1.807, 2.05) is 0 Å². The van der Waals surface area contributed by atoms with E-state index in [2.05, 4.69) is 12.2 Å². The quantitative estimate of drug-likeness (QED) is 0.499. The van der Waals surface area contributed by atoms with Gasteiger partial charge in [-0.15, -0.1) is 0 Å². The van der Waals surface area contributed by atoms with Gasteiger partial charge in [0, 0.05) is 6.04 Å². The van der Waals surface area contributed by atoms with Gasteiger partial charge in [0.1, 0.15) is 10.7 Å². The molecule has 1 saturated carbocycles. The van der Waals surface area contributed by atoms with Gasteiger partial charge < -0.3 is 5.32 Å². The van der Waals surface area contributed by atoms with Crippen LogP contribution >= 0.6 is 11.6 Å². The van der Waals surface area contributed by atoms with Crippen molar-refractivity contribution in [2.45, 2.75) is 45.1 Å². The lowest BCUT2D eigenvalue weighted by molar-refractivity contribution is -0.383. The minimum absolute atomic E-state index is 0.0133. The zero-order chi connectivity index (χ0) is 13.8. The zero-order valence-corrected chi connectivity index (χ0v) is 11.8. The van der Waals surface area contributed by atoms with Gasteiger partial charge in [-0.05, 0) is 30.9 Å². The summed E-state index contributed by atoms with van der Waals surface area (Å²) in [5, 5.41) is 14.6. The van der Waals surface area contributed by atoms with E-state index in [1.54, 1.807) is 18.2 Å². The maximum absolute atomic E-state index is 11.1. The van der Waals surface area contributed by atoms with Crippen molar-refractivity contribution in [3.63, 3.8) is 0 Å². The number of halogens is 1. The highest BCUT2D eigenvalue weighted by molar-refractivity contribution is 6.33. The van der Waals surface area contributed by atoms with Crippen LogP contribution < -0.4 is 5.32 Å². The minimum atomic E-state index is -0.411. The smallest absolute Gasteiger partial charge is 0.310 e. The van der Waals surface area contributed by atoms with Crippen LogP contribution in [0.5, 0.6) is 0 Å². The highest BCUT2D eigenvalue weighted by atomic mass is 35.5. The average molecular weight is 283 g/mol. The lowest BCUT2D eigenvalue weighted by atomic mass is 9.96. The number of nitrogens with one attached hydrogen (secondary N) is 1. The molecule has 5 heteroatoms. The van der Waals surface area contributed by atoms with Gasteiger partial charge in [0.2, 0.25) is 0 Å². The predicted octanol–water partition coefficient (Wildman–Crippen LogP) is 4.63. The molecule has 1 N–H and O–H groups in total. The van der Waals surface area contributed by atoms with Gasteiger partial charge in [-0.2, -0.15) is 0 Å². The van der Waals surface area contributed by atoms with Crippen LogP contribution in [0.3, 0.4) is 0 Å². The van der Waals surface area contributed by atoms with Crippen LogP contribution in [-0.4, -0.2) is 11.0 Å². The summed E-state index contributed by atoms with van der Waals surface area (Å²) in [7, 11) is 0. The Morgan fingerprint density at radius 2 is 2.05 bits per heavy atom. The second-order valence-corrected chi connectivity index (χ2v) is 5.67. The number of nitrogens with zero attached hydrogens (tertiary/aromatic N) is 1. The molecule has 0 aliphatic heterocycles. The van der Waals surface area contributed by atoms with E-state index in [9.17, 15) is 10.1 Å². The van der Waals surface area contributed by atoms with Gasteiger partial charge in [-0.3, -0.25) is 10.1 Å². The topological polar surface area (TPSA) is 55.2 Å². The predicted molar refractivity (Wildman–Crippen MR) is 77.8 cm³/mol. The maximum atomic E-state index is 11.1. The molecule has 0 radical (unpaired) electrons. The van der Waals surface area contributed by atoms with Crippen LogP contribution in [0.15, 0.2) is 18.2 Å². The van der Waals surface area contributed by atoms with Gasteiger partial charge in [-0.1, -0.05) is 43.9 Å². The average Bonchev–Trinajstić information content (AvgIpc) is 2.54. The van der Waals surface area contributed by atoms with Crippen LogP contribution in [0.2, 0.25) is 5.02 Å². The Bertz CT molecular complexity index is 465. The fourth-order valence-electron chi connectivity index (χ4n) is 2.72. The van der Waals surface area contributed by atoms with E-state index in [4.69, 9.17) is 11.6 Å². The number of hydrogen-bond acceptors (Lipinski definition) is 3. The van der Waals surface area contributed by atoms with Crippen LogP contribution in [0, 0.1) is 16.0 Å². The molecule has 1 aliphatic carbocycles. The molecule has 1 aromatic carbocycles. The Morgan fingerprint density at radius 3 is 2.79 bits per heavy atom. The van der Waals surface area contributed by atoms with Crippen molar-refractivity contribution in [2.75, 3.05) is 5.32 Å². The monoisotopic (exact) mass is 282 g/mol. The van der Waals surface area contributed by atoms with Crippen LogP contribution in [0.1, 0.15) is 39.0 Å². The van der Waals surface area contributed by atoms with Crippen molar-refractivity contribution >= 4 is 23.0 Å². The van der Waals surface area contributed by atoms with Crippen molar-refractivity contribution in [1.29, 1.82) is 0 Å². The van der Waals surface area contributed by atoms with Crippen molar-refractivity contribution in [2.24, 2.45) is 5.92 Å². The Labute approximate surface area is 118 Å². The molecule has 2 unspecified atom stereocenters. The third-order valence-electron chi connectivity index (χ3n) is 3.87. The van der Waals surface area contributed by atoms with Crippen molar-refractivity contribution in [3.05, 3.63) is 33.3 Å². The number of rotatable bonds is 3. The van der Waals surface area contributed by atoms with Crippen LogP contribution in [0.4, 0.5) is 11.4 Å². The summed E-state index contributed by atoms with van der Waals surface area (Å²) in [6, 6.07) is 5.34. The Balaban J connectivity index is 2.22. The van der Waals surface area contributed by atoms with Crippen molar-refractivity contribution < 1.29 is 4.92 Å². The standard InChI is InChI=1S/C14H19ClN2O2/c1-10-6-3-2-4-8-12(10)16-13-9-5-7-11(15)14(13)17(18)19/h5,7,9-10,12,16H,2-4,6,8H2,1H3. The first kappa shape index (κ1) is 14.1. The fraction of sp³-hybridized carbons (Fsp3) is 0.571. The third-order valence-corrected chi connectivity index (χ3v) is 4.18. The number of nitro groups is 1. The highest BCUT2D eigenvalue weighted by Gasteiger charge is 2.24. The summed E-state index contributed by atoms with van der Waals surface area (Å²) in [6.45, 7) is 2.21. The number of benzene rings is 1. The molecule has 0 bridgehead atoms. The molecular formula is C14H19ClN2O2. The van der Waals surface area contributed by atoms with E-state index < -0.39 is 4.92 Å². The Hall–Kier alpha value is -1.29. The second kappa shape index (κ2) is 6.24. The fourth-order valence-corrected chi connectivity index (χ4v) is 2.97. The van der Waals surface area contributed by atoms with Gasteiger partial charge in [0.15, 0.2) is 0 Å². The van der Waals surface area contributed by atoms with Gasteiger partial charge >= 0.3 is 5.69 Å². The summed E-state index contributed by atoms with van der Waals surface area (Å²) in [5.41, 5.74) is 0.525. The molecule has 2 atom stereocenters. The lowest BCUT2D eigenvalue weighted by Crippen LogP contribution is -2.26. The Kier molecular flexibility index (Phi) is 4.64. The van der Waals surface area contributed by atoms with Gasteiger partial charge in [0.25, 0.3) is 0 Å². The maximum Gasteiger partial charge on any atom is 0.310 e. The molecule has 0 aromatic heterocycles. The molecule has 0 heterocycles. The SMILES string of the molecule is CC1CCCCCC1Nc1cccc(Cl)c1[N+](=O)[O-]. The van der Waals surface area contributed by atoms with E-state index in [0.717, 1.165) is 6.42 Å². The summed E-state index contributed by atoms with van der Waals surface area (Å²) in [5.74, 6) is 0.529. The molecule has 1 aliphatic rings. The van der Waals surface area contributed by atoms with E-state index in [-0.39, 0.29) is 10.7 Å². The van der Waals surface area contributed by atoms with Crippen LogP contribution in [0.25, 0.3) is 0 Å². The first-order valence-electron chi connectivity index (χ1n) is 6.79. The van der Waals surface area contributed by atoms with Crippen LogP contribution in [-0.2, 0) is 0 Å². The zero-order valence-electron chi connectivity index (χ0n) is 11.1. The summed E-state index contributed by atoms with van der Waals surface area (Å²) in [6.07, 6.45) is 5.91. The number of para-hydroxylation sites is 1. The highest BCUT2D eigenvalue weighted by Crippen LogP contribution is 2.35. The first-order chi connectivity index (χ1) is 9.09. The van der Waals surface area contributed by atoms with Crippen molar-refractivity contribution in [3.8, 4) is 0 Å². The molecule has 104 valence electrons. The molecule has 0 amide bonds. The molecule has 1 aromatic rings. The summed E-state index contributed by atoms with van der Waals surface area (Å²) < 4.78 is 0. The number of nitro benzene ring substituents is 1. The van der Waals surface area contributed by atoms with Gasteiger partial charge in [0.05, 0.1) is 4.92 Å². The third kappa shape index (κ3) is 3.38. The molecule has 4 nitrogen and oxygen atoms in total. The molecule has 0 saturated heterocycles. The summed E-state index contributed by atoms with van der Waals surface area (Å²) >= 11 is 5.93. The molecular weight excluding hydrogens is 264 g/mol. The van der Waals surface area contributed by atoms with E-state index in [1.165, 1.54) is 25.7 Å². The van der Waals surface area contributed by atoms with Gasteiger partial charge in [-0.25, -0.2) is 0 Å². The normalized spacial score (nSPS) is 23.7. The largest absolute Gasteiger partial charge is 0.376 e. The first-order valence-corrected chi connectivity index (χ1v) is 7.17.